The van der Waals surface area contributed by atoms with Gasteiger partial charge in [-0.1, -0.05) is 62.4 Å². The highest BCUT2D eigenvalue weighted by Crippen LogP contribution is 2.28. The quantitative estimate of drug-likeness (QED) is 0.428. The number of nitrogens with zero attached hydrogens (tertiary/aromatic N) is 4. The van der Waals surface area contributed by atoms with Gasteiger partial charge < -0.3 is 0 Å². The summed E-state index contributed by atoms with van der Waals surface area (Å²) in [5.41, 5.74) is 6.43. The van der Waals surface area contributed by atoms with Gasteiger partial charge in [-0.3, -0.25) is 4.98 Å². The lowest BCUT2D eigenvalue weighted by Crippen LogP contribution is -2.08. The molecule has 0 amide bonds. The third-order valence-corrected chi connectivity index (χ3v) is 4.78. The molecule has 0 bridgehead atoms. The minimum atomic E-state index is 0.474. The Labute approximate surface area is 172 Å². The molecule has 2 aromatic carbocycles. The van der Waals surface area contributed by atoms with E-state index in [9.17, 15) is 0 Å². The maximum atomic E-state index is 4.94. The number of rotatable bonds is 5. The first kappa shape index (κ1) is 19.1. The molecule has 2 heterocycles. The molecule has 0 aliphatic carbocycles. The molecule has 0 fully saturated rings. The Morgan fingerprint density at radius 1 is 0.724 bits per heavy atom. The van der Waals surface area contributed by atoms with Crippen LogP contribution in [0.4, 0.5) is 0 Å². The van der Waals surface area contributed by atoms with E-state index >= 15 is 0 Å². The summed E-state index contributed by atoms with van der Waals surface area (Å²) in [6.07, 6.45) is 0. The molecule has 0 N–H and O–H groups in total. The summed E-state index contributed by atoms with van der Waals surface area (Å²) in [5, 5.41) is 4.86. The molecule has 146 valence electrons. The van der Waals surface area contributed by atoms with E-state index in [1.165, 1.54) is 11.1 Å². The average Bonchev–Trinajstić information content (AvgIpc) is 3.11. The van der Waals surface area contributed by atoms with Gasteiger partial charge in [0.1, 0.15) is 0 Å². The van der Waals surface area contributed by atoms with Crippen molar-refractivity contribution in [3.05, 3.63) is 78.1 Å². The van der Waals surface area contributed by atoms with E-state index in [0.29, 0.717) is 5.92 Å². The van der Waals surface area contributed by atoms with Crippen molar-refractivity contribution >= 4 is 0 Å². The molecule has 4 rings (SSSR count). The Kier molecular flexibility index (Phi) is 5.26. The second-order valence-corrected chi connectivity index (χ2v) is 7.92. The van der Waals surface area contributed by atoms with Gasteiger partial charge >= 0.3 is 0 Å². The topological polar surface area (TPSA) is 43.6 Å². The van der Waals surface area contributed by atoms with Crippen LogP contribution in [0.2, 0.25) is 0 Å². The second kappa shape index (κ2) is 8.00. The molecule has 4 aromatic rings. The van der Waals surface area contributed by atoms with Crippen molar-refractivity contribution in [2.45, 2.75) is 34.2 Å². The fourth-order valence-electron chi connectivity index (χ4n) is 3.58. The van der Waals surface area contributed by atoms with Crippen LogP contribution in [0.3, 0.4) is 0 Å². The van der Waals surface area contributed by atoms with Crippen LogP contribution in [0.25, 0.3) is 33.9 Å². The Balaban J connectivity index is 1.81. The largest absolute Gasteiger partial charge is 0.258 e. The summed E-state index contributed by atoms with van der Waals surface area (Å²) < 4.78 is 2.04. The molecular weight excluding hydrogens is 356 g/mol. The Hall–Kier alpha value is -3.27. The maximum absolute atomic E-state index is 4.94. The molecule has 0 spiro atoms. The molecule has 0 saturated carbocycles. The summed E-state index contributed by atoms with van der Waals surface area (Å²) in [5.74, 6) is 2.12. The van der Waals surface area contributed by atoms with Crippen molar-refractivity contribution in [3.63, 3.8) is 0 Å². The van der Waals surface area contributed by atoms with E-state index in [1.807, 2.05) is 36.7 Å². The van der Waals surface area contributed by atoms with Crippen LogP contribution in [0, 0.1) is 19.8 Å². The first-order valence-electron chi connectivity index (χ1n) is 10.1. The Morgan fingerprint density at radius 2 is 1.38 bits per heavy atom. The van der Waals surface area contributed by atoms with Crippen molar-refractivity contribution in [2.24, 2.45) is 5.92 Å². The van der Waals surface area contributed by atoms with Gasteiger partial charge in [-0.25, -0.2) is 9.67 Å². The van der Waals surface area contributed by atoms with Crippen molar-refractivity contribution in [3.8, 4) is 33.9 Å². The number of benzene rings is 2. The standard InChI is InChI=1S/C25H26N4/c1-17(2)16-29-25(27-24(28-29)23-13-18(3)26-19(4)14-23)22-12-8-11-21(15-22)20-9-6-5-7-10-20/h5-15,17H,16H2,1-4H3. The van der Waals surface area contributed by atoms with E-state index in [4.69, 9.17) is 10.1 Å². The zero-order valence-corrected chi connectivity index (χ0v) is 17.4. The molecule has 0 saturated heterocycles. The molecule has 4 nitrogen and oxygen atoms in total. The molecular formula is C25H26N4. The molecule has 0 atom stereocenters. The van der Waals surface area contributed by atoms with E-state index in [1.54, 1.807) is 0 Å². The van der Waals surface area contributed by atoms with Gasteiger partial charge in [0.15, 0.2) is 11.6 Å². The van der Waals surface area contributed by atoms with Crippen molar-refractivity contribution in [2.75, 3.05) is 0 Å². The molecule has 4 heteroatoms. The lowest BCUT2D eigenvalue weighted by Gasteiger charge is -2.09. The number of pyridine rings is 1. The minimum absolute atomic E-state index is 0.474. The zero-order chi connectivity index (χ0) is 20.4. The summed E-state index contributed by atoms with van der Waals surface area (Å²) in [6, 6.07) is 23.1. The third-order valence-electron chi connectivity index (χ3n) is 4.78. The lowest BCUT2D eigenvalue weighted by molar-refractivity contribution is 0.487. The summed E-state index contributed by atoms with van der Waals surface area (Å²) in [4.78, 5) is 9.42. The third kappa shape index (κ3) is 4.27. The fourth-order valence-corrected chi connectivity index (χ4v) is 3.58. The number of hydrogen-bond donors (Lipinski definition) is 0. The molecule has 0 aliphatic heterocycles. The average molecular weight is 383 g/mol. The van der Waals surface area contributed by atoms with Crippen LogP contribution < -0.4 is 0 Å². The lowest BCUT2D eigenvalue weighted by atomic mass is 10.0. The highest BCUT2D eigenvalue weighted by atomic mass is 15.3. The van der Waals surface area contributed by atoms with Crippen LogP contribution >= 0.6 is 0 Å². The second-order valence-electron chi connectivity index (χ2n) is 7.92. The van der Waals surface area contributed by atoms with Gasteiger partial charge in [-0.05, 0) is 49.1 Å². The molecule has 2 aromatic heterocycles. The van der Waals surface area contributed by atoms with Crippen LogP contribution in [-0.2, 0) is 6.54 Å². The van der Waals surface area contributed by atoms with Crippen molar-refractivity contribution < 1.29 is 0 Å². The highest BCUT2D eigenvalue weighted by Gasteiger charge is 2.16. The maximum Gasteiger partial charge on any atom is 0.181 e. The number of aromatic nitrogens is 4. The fraction of sp³-hybridized carbons (Fsp3) is 0.240. The van der Waals surface area contributed by atoms with Crippen LogP contribution in [0.15, 0.2) is 66.7 Å². The van der Waals surface area contributed by atoms with Gasteiger partial charge in [0.25, 0.3) is 0 Å². The van der Waals surface area contributed by atoms with Crippen LogP contribution in [-0.4, -0.2) is 19.7 Å². The summed E-state index contributed by atoms with van der Waals surface area (Å²) >= 11 is 0. The zero-order valence-electron chi connectivity index (χ0n) is 17.4. The molecule has 0 aliphatic rings. The smallest absolute Gasteiger partial charge is 0.181 e. The van der Waals surface area contributed by atoms with E-state index in [-0.39, 0.29) is 0 Å². The minimum Gasteiger partial charge on any atom is -0.258 e. The van der Waals surface area contributed by atoms with E-state index in [0.717, 1.165) is 40.7 Å². The van der Waals surface area contributed by atoms with E-state index in [2.05, 4.69) is 67.4 Å². The molecule has 0 unspecified atom stereocenters. The van der Waals surface area contributed by atoms with Gasteiger partial charge in [-0.15, -0.1) is 0 Å². The van der Waals surface area contributed by atoms with Gasteiger partial charge in [0.2, 0.25) is 0 Å². The van der Waals surface area contributed by atoms with Crippen LogP contribution in [0.5, 0.6) is 0 Å². The summed E-state index contributed by atoms with van der Waals surface area (Å²) in [6.45, 7) is 9.23. The molecule has 0 radical (unpaired) electrons. The first-order chi connectivity index (χ1) is 14.0. The normalized spacial score (nSPS) is 11.2. The predicted molar refractivity (Wildman–Crippen MR) is 118 cm³/mol. The van der Waals surface area contributed by atoms with Crippen molar-refractivity contribution in [1.82, 2.24) is 19.7 Å². The SMILES string of the molecule is Cc1cc(-c2nc(-c3cccc(-c4ccccc4)c3)n(CC(C)C)n2)cc(C)n1. The number of hydrogen-bond acceptors (Lipinski definition) is 3. The Bertz CT molecular complexity index is 1110. The van der Waals surface area contributed by atoms with Crippen molar-refractivity contribution in [1.29, 1.82) is 0 Å². The van der Waals surface area contributed by atoms with Gasteiger partial charge in [0.05, 0.1) is 0 Å². The van der Waals surface area contributed by atoms with Gasteiger partial charge in [0, 0.05) is 29.1 Å². The first-order valence-corrected chi connectivity index (χ1v) is 10.1. The highest BCUT2D eigenvalue weighted by molar-refractivity contribution is 5.71. The summed E-state index contributed by atoms with van der Waals surface area (Å²) in [7, 11) is 0. The molecule has 29 heavy (non-hydrogen) atoms. The van der Waals surface area contributed by atoms with Gasteiger partial charge in [-0.2, -0.15) is 5.10 Å². The number of aryl methyl sites for hydroxylation is 2. The Morgan fingerprint density at radius 3 is 2.07 bits per heavy atom. The van der Waals surface area contributed by atoms with E-state index < -0.39 is 0 Å². The predicted octanol–water partition coefficient (Wildman–Crippen LogP) is 5.95. The van der Waals surface area contributed by atoms with Crippen LogP contribution in [0.1, 0.15) is 25.2 Å². The monoisotopic (exact) mass is 382 g/mol.